The predicted octanol–water partition coefficient (Wildman–Crippen LogP) is 2.69. The minimum atomic E-state index is 0.159. The smallest absolute Gasteiger partial charge is 0.245 e. The lowest BCUT2D eigenvalue weighted by Crippen LogP contribution is -2.03. The summed E-state index contributed by atoms with van der Waals surface area (Å²) in [6.07, 6.45) is 0. The second kappa shape index (κ2) is 6.57. The molecular weight excluding hydrogens is 308 g/mol. The van der Waals surface area contributed by atoms with Crippen LogP contribution in [0, 0.1) is 0 Å². The van der Waals surface area contributed by atoms with Gasteiger partial charge in [-0.05, 0) is 37.3 Å². The van der Waals surface area contributed by atoms with Gasteiger partial charge in [-0.1, -0.05) is 0 Å². The fourth-order valence-corrected chi connectivity index (χ4v) is 2.40. The Labute approximate surface area is 139 Å². The third-order valence-corrected chi connectivity index (χ3v) is 3.49. The summed E-state index contributed by atoms with van der Waals surface area (Å²) in [4.78, 5) is 13.0. The van der Waals surface area contributed by atoms with Crippen LogP contribution in [-0.2, 0) is 0 Å². The van der Waals surface area contributed by atoms with Crippen LogP contribution in [0.2, 0.25) is 0 Å². The Bertz CT molecular complexity index is 883. The predicted molar refractivity (Wildman–Crippen MR) is 91.5 cm³/mol. The zero-order valence-electron chi connectivity index (χ0n) is 13.7. The summed E-state index contributed by atoms with van der Waals surface area (Å²) in [6, 6.07) is 9.32. The lowest BCUT2D eigenvalue weighted by molar-refractivity contribution is 0.330. The highest BCUT2D eigenvalue weighted by Gasteiger charge is 2.12. The van der Waals surface area contributed by atoms with Gasteiger partial charge in [-0.15, -0.1) is 0 Å². The Balaban J connectivity index is 2.13. The Morgan fingerprint density at radius 1 is 0.958 bits per heavy atom. The molecule has 0 atom stereocenters. The standard InChI is InChI=1S/C17H18N4O3/c1-4-24-16-15-12(20-17(18)21-16)7-6-11(19-15)10-5-8-13(22-2)14(9-10)23-3/h5-9H,4H2,1-3H3,(H2,18,20,21). The molecule has 124 valence electrons. The molecule has 0 bridgehead atoms. The van der Waals surface area contributed by atoms with Crippen molar-refractivity contribution in [1.82, 2.24) is 15.0 Å². The van der Waals surface area contributed by atoms with Gasteiger partial charge >= 0.3 is 0 Å². The summed E-state index contributed by atoms with van der Waals surface area (Å²) in [5, 5.41) is 0. The summed E-state index contributed by atoms with van der Waals surface area (Å²) in [7, 11) is 3.20. The number of nitrogens with zero attached hydrogens (tertiary/aromatic N) is 3. The van der Waals surface area contributed by atoms with Gasteiger partial charge in [0.2, 0.25) is 11.8 Å². The number of pyridine rings is 1. The molecule has 2 aromatic heterocycles. The van der Waals surface area contributed by atoms with E-state index in [1.54, 1.807) is 14.2 Å². The molecule has 0 aliphatic heterocycles. The zero-order chi connectivity index (χ0) is 17.1. The monoisotopic (exact) mass is 326 g/mol. The number of hydrogen-bond acceptors (Lipinski definition) is 7. The van der Waals surface area contributed by atoms with E-state index in [4.69, 9.17) is 19.9 Å². The molecule has 7 heteroatoms. The average molecular weight is 326 g/mol. The number of nitrogen functional groups attached to an aromatic ring is 1. The van der Waals surface area contributed by atoms with Crippen LogP contribution in [0.5, 0.6) is 17.4 Å². The summed E-state index contributed by atoms with van der Waals surface area (Å²) >= 11 is 0. The van der Waals surface area contributed by atoms with E-state index in [0.717, 1.165) is 11.3 Å². The average Bonchev–Trinajstić information content (AvgIpc) is 2.61. The first-order valence-electron chi connectivity index (χ1n) is 7.45. The Hall–Kier alpha value is -3.09. The summed E-state index contributed by atoms with van der Waals surface area (Å²) in [5.41, 5.74) is 8.55. The van der Waals surface area contributed by atoms with E-state index in [1.807, 2.05) is 37.3 Å². The lowest BCUT2D eigenvalue weighted by atomic mass is 10.1. The largest absolute Gasteiger partial charge is 0.493 e. The van der Waals surface area contributed by atoms with Crippen molar-refractivity contribution < 1.29 is 14.2 Å². The van der Waals surface area contributed by atoms with Crippen LogP contribution in [0.3, 0.4) is 0 Å². The van der Waals surface area contributed by atoms with Crippen molar-refractivity contribution in [1.29, 1.82) is 0 Å². The molecule has 0 fully saturated rings. The van der Waals surface area contributed by atoms with Crippen molar-refractivity contribution in [2.75, 3.05) is 26.6 Å². The van der Waals surface area contributed by atoms with Crippen LogP contribution >= 0.6 is 0 Å². The van der Waals surface area contributed by atoms with E-state index in [1.165, 1.54) is 0 Å². The van der Waals surface area contributed by atoms with E-state index >= 15 is 0 Å². The molecule has 0 amide bonds. The maximum atomic E-state index is 5.71. The van der Waals surface area contributed by atoms with E-state index in [2.05, 4.69) is 15.0 Å². The third-order valence-electron chi connectivity index (χ3n) is 3.49. The first-order valence-corrected chi connectivity index (χ1v) is 7.45. The maximum absolute atomic E-state index is 5.71. The van der Waals surface area contributed by atoms with Crippen LogP contribution in [0.1, 0.15) is 6.92 Å². The van der Waals surface area contributed by atoms with Crippen LogP contribution in [-0.4, -0.2) is 35.8 Å². The summed E-state index contributed by atoms with van der Waals surface area (Å²) < 4.78 is 16.1. The van der Waals surface area contributed by atoms with Gasteiger partial charge in [0.1, 0.15) is 0 Å². The normalized spacial score (nSPS) is 10.6. The topological polar surface area (TPSA) is 92.4 Å². The van der Waals surface area contributed by atoms with Gasteiger partial charge in [0.15, 0.2) is 17.0 Å². The molecule has 2 N–H and O–H groups in total. The Morgan fingerprint density at radius 2 is 1.75 bits per heavy atom. The highest BCUT2D eigenvalue weighted by molar-refractivity contribution is 5.83. The van der Waals surface area contributed by atoms with Crippen LogP contribution < -0.4 is 19.9 Å². The minimum Gasteiger partial charge on any atom is -0.493 e. The van der Waals surface area contributed by atoms with Crippen molar-refractivity contribution in [2.45, 2.75) is 6.92 Å². The Kier molecular flexibility index (Phi) is 4.33. The molecule has 3 aromatic rings. The van der Waals surface area contributed by atoms with Crippen LogP contribution in [0.25, 0.3) is 22.3 Å². The maximum Gasteiger partial charge on any atom is 0.245 e. The molecule has 7 nitrogen and oxygen atoms in total. The number of anilines is 1. The molecule has 0 saturated heterocycles. The summed E-state index contributed by atoms with van der Waals surface area (Å²) in [5.74, 6) is 1.83. The SMILES string of the molecule is CCOc1nc(N)nc2ccc(-c3ccc(OC)c(OC)c3)nc12. The molecule has 0 saturated carbocycles. The van der Waals surface area contributed by atoms with Crippen molar-refractivity contribution >= 4 is 17.0 Å². The summed E-state index contributed by atoms with van der Waals surface area (Å²) in [6.45, 7) is 2.34. The van der Waals surface area contributed by atoms with Crippen molar-refractivity contribution in [3.05, 3.63) is 30.3 Å². The highest BCUT2D eigenvalue weighted by atomic mass is 16.5. The van der Waals surface area contributed by atoms with Crippen LogP contribution in [0.4, 0.5) is 5.95 Å². The number of aromatic nitrogens is 3. The lowest BCUT2D eigenvalue weighted by Gasteiger charge is -2.11. The number of ether oxygens (including phenoxy) is 3. The zero-order valence-corrected chi connectivity index (χ0v) is 13.7. The molecule has 1 aromatic carbocycles. The van der Waals surface area contributed by atoms with Gasteiger partial charge in [-0.3, -0.25) is 0 Å². The molecule has 2 heterocycles. The number of benzene rings is 1. The number of rotatable bonds is 5. The van der Waals surface area contributed by atoms with Crippen molar-refractivity contribution in [3.8, 4) is 28.6 Å². The van der Waals surface area contributed by atoms with Gasteiger partial charge in [-0.2, -0.15) is 4.98 Å². The number of fused-ring (bicyclic) bond motifs is 1. The van der Waals surface area contributed by atoms with Crippen molar-refractivity contribution in [3.63, 3.8) is 0 Å². The molecule has 0 unspecified atom stereocenters. The van der Waals surface area contributed by atoms with Gasteiger partial charge in [0.25, 0.3) is 0 Å². The molecule has 3 rings (SSSR count). The molecule has 0 aliphatic carbocycles. The second-order valence-corrected chi connectivity index (χ2v) is 4.95. The molecule has 24 heavy (non-hydrogen) atoms. The quantitative estimate of drug-likeness (QED) is 0.770. The molecule has 0 spiro atoms. The van der Waals surface area contributed by atoms with E-state index in [-0.39, 0.29) is 5.95 Å². The molecule has 0 radical (unpaired) electrons. The third kappa shape index (κ3) is 2.88. The van der Waals surface area contributed by atoms with E-state index < -0.39 is 0 Å². The fraction of sp³-hybridized carbons (Fsp3) is 0.235. The van der Waals surface area contributed by atoms with Crippen LogP contribution in [0.15, 0.2) is 30.3 Å². The van der Waals surface area contributed by atoms with E-state index in [0.29, 0.717) is 35.0 Å². The second-order valence-electron chi connectivity index (χ2n) is 4.95. The molecular formula is C17H18N4O3. The van der Waals surface area contributed by atoms with Gasteiger partial charge in [-0.25, -0.2) is 9.97 Å². The first-order chi connectivity index (χ1) is 11.7. The van der Waals surface area contributed by atoms with Gasteiger partial charge in [0.05, 0.1) is 32.0 Å². The number of hydrogen-bond donors (Lipinski definition) is 1. The number of nitrogens with two attached hydrogens (primary N) is 1. The highest BCUT2D eigenvalue weighted by Crippen LogP contribution is 2.33. The minimum absolute atomic E-state index is 0.159. The van der Waals surface area contributed by atoms with E-state index in [9.17, 15) is 0 Å². The van der Waals surface area contributed by atoms with Gasteiger partial charge < -0.3 is 19.9 Å². The first kappa shape index (κ1) is 15.8. The van der Waals surface area contributed by atoms with Gasteiger partial charge in [0, 0.05) is 5.56 Å². The van der Waals surface area contributed by atoms with Crippen molar-refractivity contribution in [2.24, 2.45) is 0 Å². The fourth-order valence-electron chi connectivity index (χ4n) is 2.40. The molecule has 0 aliphatic rings. The number of methoxy groups -OCH3 is 2. The Morgan fingerprint density at radius 3 is 2.46 bits per heavy atom.